The Morgan fingerprint density at radius 1 is 1.31 bits per heavy atom. The Hall–Kier alpha value is -3.11. The highest BCUT2D eigenvalue weighted by Crippen LogP contribution is 2.27. The molecule has 0 aliphatic carbocycles. The van der Waals surface area contributed by atoms with Gasteiger partial charge in [-0.15, -0.1) is 15.3 Å². The lowest BCUT2D eigenvalue weighted by molar-refractivity contribution is -0.133. The first-order valence-electron chi connectivity index (χ1n) is 8.46. The summed E-state index contributed by atoms with van der Waals surface area (Å²) in [6.07, 6.45) is 4.04. The number of amides is 1. The van der Waals surface area contributed by atoms with Crippen molar-refractivity contribution in [2.45, 2.75) is 39.4 Å². The number of rotatable bonds is 4. The molecular weight excluding hydrogens is 336 g/mol. The summed E-state index contributed by atoms with van der Waals surface area (Å²) >= 11 is 0. The predicted octanol–water partition coefficient (Wildman–Crippen LogP) is -0.0330. The lowest BCUT2D eigenvalue weighted by Gasteiger charge is -2.32. The molecule has 1 atom stereocenters. The van der Waals surface area contributed by atoms with E-state index in [0.29, 0.717) is 31.9 Å². The molecule has 0 saturated heterocycles. The molecule has 1 amide bonds. The van der Waals surface area contributed by atoms with Crippen LogP contribution in [-0.4, -0.2) is 62.1 Å². The molecule has 4 rings (SSSR count). The van der Waals surface area contributed by atoms with E-state index < -0.39 is 0 Å². The Labute approximate surface area is 149 Å². The predicted molar refractivity (Wildman–Crippen MR) is 89.5 cm³/mol. The van der Waals surface area contributed by atoms with Crippen molar-refractivity contribution in [3.05, 3.63) is 24.0 Å². The first kappa shape index (κ1) is 16.4. The van der Waals surface area contributed by atoms with E-state index >= 15 is 0 Å². The summed E-state index contributed by atoms with van der Waals surface area (Å²) in [4.78, 5) is 14.4. The van der Waals surface area contributed by atoms with Crippen LogP contribution in [0.3, 0.4) is 0 Å². The SMILES string of the molecule is Cc1nnnn1CCC(=O)N1Cc2nnc(-c3cnn(C)c3)n2[C@@H](C)C1. The standard InChI is InChI=1S/C15H20N10O/c1-10-7-23(14(26)4-5-24-11(2)17-20-21-24)9-13-18-19-15(25(10)13)12-6-16-22(3)8-12/h6,8,10H,4-5,7,9H2,1-3H3/t10-/m0/s1. The summed E-state index contributed by atoms with van der Waals surface area (Å²) in [5.74, 6) is 2.33. The normalized spacial score (nSPS) is 16.7. The molecule has 3 aromatic rings. The van der Waals surface area contributed by atoms with E-state index in [1.54, 1.807) is 15.6 Å². The molecule has 4 heterocycles. The number of hydrogen-bond donors (Lipinski definition) is 0. The van der Waals surface area contributed by atoms with Crippen molar-refractivity contribution < 1.29 is 4.79 Å². The van der Waals surface area contributed by atoms with E-state index in [9.17, 15) is 4.79 Å². The van der Waals surface area contributed by atoms with Crippen LogP contribution in [0.25, 0.3) is 11.4 Å². The fourth-order valence-electron chi connectivity index (χ4n) is 3.27. The minimum absolute atomic E-state index is 0.0592. The highest BCUT2D eigenvalue weighted by Gasteiger charge is 2.29. The summed E-state index contributed by atoms with van der Waals surface area (Å²) in [5, 5.41) is 24.1. The first-order valence-corrected chi connectivity index (χ1v) is 8.46. The lowest BCUT2D eigenvalue weighted by Crippen LogP contribution is -2.40. The number of aromatic nitrogens is 9. The molecule has 0 unspecified atom stereocenters. The molecule has 0 radical (unpaired) electrons. The molecular formula is C15H20N10O. The number of fused-ring (bicyclic) bond motifs is 1. The summed E-state index contributed by atoms with van der Waals surface area (Å²) < 4.78 is 5.46. The van der Waals surface area contributed by atoms with Crippen LogP contribution >= 0.6 is 0 Å². The van der Waals surface area contributed by atoms with Crippen LogP contribution in [0.15, 0.2) is 12.4 Å². The maximum atomic E-state index is 12.6. The fourth-order valence-corrected chi connectivity index (χ4v) is 3.27. The third-order valence-electron chi connectivity index (χ3n) is 4.59. The third kappa shape index (κ3) is 2.85. The number of hydrogen-bond acceptors (Lipinski definition) is 7. The summed E-state index contributed by atoms with van der Waals surface area (Å²) in [6, 6.07) is 0.0858. The van der Waals surface area contributed by atoms with Crippen molar-refractivity contribution in [1.29, 1.82) is 0 Å². The van der Waals surface area contributed by atoms with Crippen LogP contribution in [0.5, 0.6) is 0 Å². The van der Waals surface area contributed by atoms with Crippen molar-refractivity contribution >= 4 is 5.91 Å². The molecule has 0 aromatic carbocycles. The molecule has 0 saturated carbocycles. The average Bonchev–Trinajstić information content (AvgIpc) is 3.32. The van der Waals surface area contributed by atoms with Gasteiger partial charge in [0.15, 0.2) is 11.6 Å². The van der Waals surface area contributed by atoms with Gasteiger partial charge in [-0.3, -0.25) is 9.48 Å². The Balaban J connectivity index is 1.49. The molecule has 3 aromatic heterocycles. The summed E-state index contributed by atoms with van der Waals surface area (Å²) in [6.45, 7) is 5.42. The van der Waals surface area contributed by atoms with Gasteiger partial charge in [0.25, 0.3) is 0 Å². The molecule has 0 N–H and O–H groups in total. The van der Waals surface area contributed by atoms with Gasteiger partial charge >= 0.3 is 0 Å². The highest BCUT2D eigenvalue weighted by molar-refractivity contribution is 5.76. The Morgan fingerprint density at radius 3 is 2.85 bits per heavy atom. The van der Waals surface area contributed by atoms with Crippen LogP contribution in [0.2, 0.25) is 0 Å². The number of tetrazole rings is 1. The molecule has 0 fully saturated rings. The Kier molecular flexibility index (Phi) is 3.98. The van der Waals surface area contributed by atoms with Crippen LogP contribution in [0.4, 0.5) is 0 Å². The van der Waals surface area contributed by atoms with Gasteiger partial charge in [0.1, 0.15) is 5.82 Å². The van der Waals surface area contributed by atoms with Crippen LogP contribution in [0.1, 0.15) is 31.0 Å². The maximum Gasteiger partial charge on any atom is 0.224 e. The molecule has 136 valence electrons. The number of carbonyl (C=O) groups is 1. The van der Waals surface area contributed by atoms with E-state index in [1.165, 1.54) is 0 Å². The van der Waals surface area contributed by atoms with Crippen molar-refractivity contribution in [3.8, 4) is 11.4 Å². The van der Waals surface area contributed by atoms with E-state index in [1.807, 2.05) is 25.1 Å². The Bertz CT molecular complexity index is 938. The first-order chi connectivity index (χ1) is 12.5. The van der Waals surface area contributed by atoms with Crippen LogP contribution in [-0.2, 0) is 24.9 Å². The second-order valence-corrected chi connectivity index (χ2v) is 6.54. The average molecular weight is 356 g/mol. The molecule has 11 nitrogen and oxygen atoms in total. The minimum Gasteiger partial charge on any atom is -0.333 e. The molecule has 11 heteroatoms. The van der Waals surface area contributed by atoms with Gasteiger partial charge in [-0.05, 0) is 24.3 Å². The van der Waals surface area contributed by atoms with Crippen LogP contribution in [0, 0.1) is 6.92 Å². The highest BCUT2D eigenvalue weighted by atomic mass is 16.2. The van der Waals surface area contributed by atoms with Crippen molar-refractivity contribution in [3.63, 3.8) is 0 Å². The van der Waals surface area contributed by atoms with E-state index in [-0.39, 0.29) is 11.9 Å². The molecule has 1 aliphatic heterocycles. The molecule has 1 aliphatic rings. The van der Waals surface area contributed by atoms with Gasteiger partial charge in [-0.1, -0.05) is 0 Å². The Morgan fingerprint density at radius 2 is 2.15 bits per heavy atom. The van der Waals surface area contributed by atoms with Crippen molar-refractivity contribution in [2.75, 3.05) is 6.54 Å². The third-order valence-corrected chi connectivity index (χ3v) is 4.59. The van der Waals surface area contributed by atoms with Crippen molar-refractivity contribution in [2.24, 2.45) is 7.05 Å². The quantitative estimate of drug-likeness (QED) is 0.645. The molecule has 0 spiro atoms. The van der Waals surface area contributed by atoms with Crippen LogP contribution < -0.4 is 0 Å². The zero-order valence-corrected chi connectivity index (χ0v) is 14.9. The smallest absolute Gasteiger partial charge is 0.224 e. The van der Waals surface area contributed by atoms with Gasteiger partial charge < -0.3 is 9.47 Å². The van der Waals surface area contributed by atoms with Crippen molar-refractivity contribution in [1.82, 2.24) is 49.7 Å². The zero-order chi connectivity index (χ0) is 18.3. The van der Waals surface area contributed by atoms with Gasteiger partial charge in [0.2, 0.25) is 5.91 Å². The zero-order valence-electron chi connectivity index (χ0n) is 14.9. The van der Waals surface area contributed by atoms with E-state index in [0.717, 1.165) is 17.2 Å². The number of nitrogens with zero attached hydrogens (tertiary/aromatic N) is 10. The summed E-state index contributed by atoms with van der Waals surface area (Å²) in [5.41, 5.74) is 0.923. The number of carbonyl (C=O) groups excluding carboxylic acids is 1. The maximum absolute atomic E-state index is 12.6. The second kappa shape index (κ2) is 6.32. The van der Waals surface area contributed by atoms with E-state index in [2.05, 4.69) is 42.3 Å². The van der Waals surface area contributed by atoms with Gasteiger partial charge in [-0.25, -0.2) is 4.68 Å². The minimum atomic E-state index is 0.0592. The monoisotopic (exact) mass is 356 g/mol. The van der Waals surface area contributed by atoms with Gasteiger partial charge in [-0.2, -0.15) is 5.10 Å². The van der Waals surface area contributed by atoms with E-state index in [4.69, 9.17) is 0 Å². The van der Waals surface area contributed by atoms with Gasteiger partial charge in [0, 0.05) is 26.2 Å². The largest absolute Gasteiger partial charge is 0.333 e. The van der Waals surface area contributed by atoms with Gasteiger partial charge in [0.05, 0.1) is 30.9 Å². The fraction of sp³-hybridized carbons (Fsp3) is 0.533. The lowest BCUT2D eigenvalue weighted by atomic mass is 10.2. The molecule has 0 bridgehead atoms. The molecule has 26 heavy (non-hydrogen) atoms. The second-order valence-electron chi connectivity index (χ2n) is 6.54. The topological polar surface area (TPSA) is 112 Å². The number of aryl methyl sites for hydroxylation is 3. The summed E-state index contributed by atoms with van der Waals surface area (Å²) in [7, 11) is 1.87.